The summed E-state index contributed by atoms with van der Waals surface area (Å²) in [5, 5.41) is 12.0. The first-order chi connectivity index (χ1) is 11.5. The van der Waals surface area contributed by atoms with E-state index < -0.39 is 0 Å². The summed E-state index contributed by atoms with van der Waals surface area (Å²) in [5.74, 6) is 1.51. The second kappa shape index (κ2) is 5.61. The maximum atomic E-state index is 4.74. The summed E-state index contributed by atoms with van der Waals surface area (Å²) in [5.41, 5.74) is 3.44. The van der Waals surface area contributed by atoms with Crippen molar-refractivity contribution >= 4 is 11.3 Å². The minimum absolute atomic E-state index is 0.0314. The van der Waals surface area contributed by atoms with Crippen LogP contribution in [-0.2, 0) is 5.41 Å². The summed E-state index contributed by atoms with van der Waals surface area (Å²) in [7, 11) is 0. The Morgan fingerprint density at radius 3 is 2.88 bits per heavy atom. The van der Waals surface area contributed by atoms with Crippen molar-refractivity contribution in [2.75, 3.05) is 18.0 Å². The first kappa shape index (κ1) is 15.2. The number of aromatic amines is 1. The van der Waals surface area contributed by atoms with Crippen molar-refractivity contribution in [3.05, 3.63) is 42.1 Å². The average molecular weight is 324 g/mol. The molecule has 4 rings (SSSR count). The second-order valence-corrected chi connectivity index (χ2v) is 7.66. The maximum absolute atomic E-state index is 4.74. The third-order valence-electron chi connectivity index (χ3n) is 4.82. The number of fused-ring (bicyclic) bond motifs is 1. The van der Waals surface area contributed by atoms with Gasteiger partial charge in [0.15, 0.2) is 5.82 Å². The quantitative estimate of drug-likeness (QED) is 0.786. The summed E-state index contributed by atoms with van der Waals surface area (Å²) in [6.45, 7) is 8.57. The van der Waals surface area contributed by atoms with Gasteiger partial charge in [0.1, 0.15) is 5.52 Å². The van der Waals surface area contributed by atoms with Crippen molar-refractivity contribution in [1.82, 2.24) is 24.8 Å². The fourth-order valence-electron chi connectivity index (χ4n) is 3.44. The smallest absolute Gasteiger partial charge is 0.154 e. The van der Waals surface area contributed by atoms with Gasteiger partial charge in [-0.25, -0.2) is 9.50 Å². The highest BCUT2D eigenvalue weighted by Gasteiger charge is 2.26. The van der Waals surface area contributed by atoms with Crippen LogP contribution in [0.2, 0.25) is 0 Å². The summed E-state index contributed by atoms with van der Waals surface area (Å²) in [4.78, 5) is 7.07. The van der Waals surface area contributed by atoms with Crippen LogP contribution in [0.5, 0.6) is 0 Å². The molecule has 1 atom stereocenters. The summed E-state index contributed by atoms with van der Waals surface area (Å²) < 4.78 is 1.96. The molecule has 0 spiro atoms. The number of aromatic nitrogens is 5. The fourth-order valence-corrected chi connectivity index (χ4v) is 3.44. The van der Waals surface area contributed by atoms with Gasteiger partial charge in [0.25, 0.3) is 0 Å². The molecule has 0 amide bonds. The Kier molecular flexibility index (Phi) is 3.55. The van der Waals surface area contributed by atoms with E-state index in [1.54, 1.807) is 0 Å². The monoisotopic (exact) mass is 324 g/mol. The molecule has 1 unspecified atom stereocenters. The van der Waals surface area contributed by atoms with Crippen molar-refractivity contribution in [2.24, 2.45) is 0 Å². The molecule has 0 aliphatic carbocycles. The molecule has 1 aliphatic rings. The molecule has 6 heteroatoms. The van der Waals surface area contributed by atoms with Gasteiger partial charge in [0.2, 0.25) is 0 Å². The van der Waals surface area contributed by atoms with Gasteiger partial charge in [-0.15, -0.1) is 0 Å². The topological polar surface area (TPSA) is 62.1 Å². The number of anilines is 1. The first-order valence-corrected chi connectivity index (χ1v) is 8.61. The molecule has 1 saturated heterocycles. The average Bonchev–Trinajstić information content (AvgIpc) is 3.23. The molecule has 1 N–H and O–H groups in total. The van der Waals surface area contributed by atoms with E-state index in [9.17, 15) is 0 Å². The van der Waals surface area contributed by atoms with E-state index in [1.165, 1.54) is 12.1 Å². The minimum atomic E-state index is 0.0314. The third-order valence-corrected chi connectivity index (χ3v) is 4.82. The second-order valence-electron chi connectivity index (χ2n) is 7.66. The van der Waals surface area contributed by atoms with Gasteiger partial charge in [0, 0.05) is 48.7 Å². The van der Waals surface area contributed by atoms with Gasteiger partial charge in [-0.2, -0.15) is 10.2 Å². The number of H-pyrrole nitrogens is 1. The predicted octanol–water partition coefficient (Wildman–Crippen LogP) is 3.13. The highest BCUT2D eigenvalue weighted by Crippen LogP contribution is 2.31. The zero-order chi connectivity index (χ0) is 16.7. The molecule has 3 aromatic heterocycles. The number of nitrogens with zero attached hydrogens (tertiary/aromatic N) is 5. The SMILES string of the molecule is CC(C)(C)c1cc2c(N3CCCC(c4ccn[nH]4)C3)nccn2n1. The van der Waals surface area contributed by atoms with Gasteiger partial charge < -0.3 is 4.90 Å². The van der Waals surface area contributed by atoms with Crippen molar-refractivity contribution in [3.63, 3.8) is 0 Å². The van der Waals surface area contributed by atoms with E-state index in [-0.39, 0.29) is 5.41 Å². The van der Waals surface area contributed by atoms with Crippen molar-refractivity contribution < 1.29 is 0 Å². The molecule has 6 nitrogen and oxygen atoms in total. The van der Waals surface area contributed by atoms with Gasteiger partial charge in [-0.3, -0.25) is 5.10 Å². The van der Waals surface area contributed by atoms with E-state index in [4.69, 9.17) is 5.10 Å². The van der Waals surface area contributed by atoms with Crippen LogP contribution in [0.3, 0.4) is 0 Å². The Morgan fingerprint density at radius 1 is 1.25 bits per heavy atom. The molecule has 3 aromatic rings. The predicted molar refractivity (Wildman–Crippen MR) is 94.5 cm³/mol. The highest BCUT2D eigenvalue weighted by molar-refractivity contribution is 5.69. The Morgan fingerprint density at radius 2 is 2.12 bits per heavy atom. The lowest BCUT2D eigenvalue weighted by Gasteiger charge is -2.33. The zero-order valence-electron chi connectivity index (χ0n) is 14.5. The lowest BCUT2D eigenvalue weighted by Crippen LogP contribution is -2.35. The van der Waals surface area contributed by atoms with Crippen LogP contribution >= 0.6 is 0 Å². The maximum Gasteiger partial charge on any atom is 0.154 e. The van der Waals surface area contributed by atoms with Gasteiger partial charge in [-0.05, 0) is 25.0 Å². The summed E-state index contributed by atoms with van der Waals surface area (Å²) in [6.07, 6.45) is 7.97. The summed E-state index contributed by atoms with van der Waals surface area (Å²) >= 11 is 0. The number of hydrogen-bond acceptors (Lipinski definition) is 4. The minimum Gasteiger partial charge on any atom is -0.354 e. The molecule has 0 bridgehead atoms. The molecule has 0 aromatic carbocycles. The molecule has 1 aliphatic heterocycles. The van der Waals surface area contributed by atoms with E-state index in [0.717, 1.165) is 36.5 Å². The van der Waals surface area contributed by atoms with Gasteiger partial charge >= 0.3 is 0 Å². The molecular weight excluding hydrogens is 300 g/mol. The molecule has 0 radical (unpaired) electrons. The zero-order valence-corrected chi connectivity index (χ0v) is 14.5. The number of rotatable bonds is 2. The van der Waals surface area contributed by atoms with Crippen LogP contribution in [-0.4, -0.2) is 37.9 Å². The van der Waals surface area contributed by atoms with Crippen molar-refractivity contribution in [1.29, 1.82) is 0 Å². The van der Waals surface area contributed by atoms with E-state index in [2.05, 4.69) is 53.0 Å². The van der Waals surface area contributed by atoms with Crippen LogP contribution in [0.4, 0.5) is 5.82 Å². The molecule has 126 valence electrons. The van der Waals surface area contributed by atoms with Crippen LogP contribution in [0, 0.1) is 0 Å². The Hall–Kier alpha value is -2.37. The molecule has 4 heterocycles. The molecule has 0 saturated carbocycles. The Labute approximate surface area is 141 Å². The van der Waals surface area contributed by atoms with Crippen LogP contribution in [0.25, 0.3) is 5.52 Å². The molecular formula is C18H24N6. The lowest BCUT2D eigenvalue weighted by atomic mass is 9.92. The van der Waals surface area contributed by atoms with Crippen molar-refractivity contribution in [3.8, 4) is 0 Å². The standard InChI is InChI=1S/C18H24N6/c1-18(2,3)16-11-15-17(19-8-10-24(15)22-16)23-9-4-5-13(12-23)14-6-7-20-21-14/h6-8,10-11,13H,4-5,9,12H2,1-3H3,(H,20,21). The Balaban J connectivity index is 1.69. The summed E-state index contributed by atoms with van der Waals surface area (Å²) in [6, 6.07) is 4.26. The fraction of sp³-hybridized carbons (Fsp3) is 0.500. The number of piperidine rings is 1. The van der Waals surface area contributed by atoms with Crippen LogP contribution in [0.1, 0.15) is 50.9 Å². The third kappa shape index (κ3) is 2.66. The van der Waals surface area contributed by atoms with Gasteiger partial charge in [0.05, 0.1) is 5.69 Å². The van der Waals surface area contributed by atoms with Crippen molar-refractivity contribution in [2.45, 2.75) is 44.9 Å². The first-order valence-electron chi connectivity index (χ1n) is 8.61. The molecule has 1 fully saturated rings. The van der Waals surface area contributed by atoms with E-state index in [1.807, 2.05) is 23.1 Å². The van der Waals surface area contributed by atoms with Crippen LogP contribution < -0.4 is 4.90 Å². The lowest BCUT2D eigenvalue weighted by molar-refractivity contribution is 0.498. The van der Waals surface area contributed by atoms with E-state index >= 15 is 0 Å². The van der Waals surface area contributed by atoms with Crippen LogP contribution in [0.15, 0.2) is 30.7 Å². The van der Waals surface area contributed by atoms with Gasteiger partial charge in [-0.1, -0.05) is 20.8 Å². The van der Waals surface area contributed by atoms with E-state index in [0.29, 0.717) is 5.92 Å². The number of hydrogen-bond donors (Lipinski definition) is 1. The highest BCUT2D eigenvalue weighted by atomic mass is 15.3. The largest absolute Gasteiger partial charge is 0.354 e. The Bertz CT molecular complexity index is 827. The number of nitrogens with one attached hydrogen (secondary N) is 1. The normalized spacial score (nSPS) is 19.1. The molecule has 24 heavy (non-hydrogen) atoms.